The predicted octanol–water partition coefficient (Wildman–Crippen LogP) is 1.71. The average molecular weight is 274 g/mol. The van der Waals surface area contributed by atoms with Gasteiger partial charge in [-0.2, -0.15) is 0 Å². The lowest BCUT2D eigenvalue weighted by Crippen LogP contribution is -2.56. The van der Waals surface area contributed by atoms with Crippen molar-refractivity contribution >= 4 is 24.3 Å². The number of fused-ring (bicyclic) bond motifs is 2. The molecule has 3 atom stereocenters. The van der Waals surface area contributed by atoms with Gasteiger partial charge in [0.05, 0.1) is 0 Å². The quantitative estimate of drug-likeness (QED) is 0.432. The molecule has 6 N–H and O–H groups in total. The normalized spacial score (nSPS) is 35.9. The third-order valence-electron chi connectivity index (χ3n) is 5.58. The van der Waals surface area contributed by atoms with Crippen LogP contribution in [0.25, 0.3) is 0 Å². The minimum absolute atomic E-state index is 0. The van der Waals surface area contributed by atoms with E-state index in [1.165, 1.54) is 11.3 Å². The molecule has 0 spiro atoms. The van der Waals surface area contributed by atoms with Crippen LogP contribution in [-0.4, -0.2) is 22.9 Å². The van der Waals surface area contributed by atoms with Gasteiger partial charge in [0.2, 0.25) is 0 Å². The molecule has 6 heteroatoms. The van der Waals surface area contributed by atoms with E-state index in [0.717, 1.165) is 12.8 Å². The minimum atomic E-state index is -0.105. The van der Waals surface area contributed by atoms with Gasteiger partial charge in [-0.15, -0.1) is 12.4 Å². The Morgan fingerprint density at radius 2 is 1.67 bits per heavy atom. The first-order chi connectivity index (χ1) is 7.72. The Balaban J connectivity index is 0.00000162. The summed E-state index contributed by atoms with van der Waals surface area (Å²) < 4.78 is 0. The lowest BCUT2D eigenvalue weighted by Gasteiger charge is -2.43. The smallest absolute Gasteiger partial charge is 0.195 e. The Kier molecular flexibility index (Phi) is 3.60. The van der Waals surface area contributed by atoms with Crippen LogP contribution in [0.5, 0.6) is 0 Å². The van der Waals surface area contributed by atoms with Crippen molar-refractivity contribution in [2.45, 2.75) is 46.1 Å². The van der Waals surface area contributed by atoms with Crippen LogP contribution in [0.3, 0.4) is 0 Å². The van der Waals surface area contributed by atoms with E-state index in [2.05, 4.69) is 20.8 Å². The topological polar surface area (TPSA) is 103 Å². The van der Waals surface area contributed by atoms with Gasteiger partial charge in [0, 0.05) is 6.04 Å². The van der Waals surface area contributed by atoms with E-state index in [0.29, 0.717) is 5.92 Å². The highest BCUT2D eigenvalue weighted by Gasteiger charge is 2.63. The first kappa shape index (κ1) is 15.1. The molecule has 3 unspecified atom stereocenters. The highest BCUT2D eigenvalue weighted by molar-refractivity contribution is 5.94. The van der Waals surface area contributed by atoms with Crippen molar-refractivity contribution in [3.8, 4) is 0 Å². The van der Waals surface area contributed by atoms with Gasteiger partial charge in [0.25, 0.3) is 0 Å². The van der Waals surface area contributed by atoms with Crippen molar-refractivity contribution in [2.75, 3.05) is 0 Å². The van der Waals surface area contributed by atoms with Gasteiger partial charge in [-0.3, -0.25) is 15.7 Å². The minimum Gasteiger partial charge on any atom is -0.370 e. The predicted molar refractivity (Wildman–Crippen MR) is 75.9 cm³/mol. The highest BCUT2D eigenvalue weighted by Crippen LogP contribution is 2.66. The summed E-state index contributed by atoms with van der Waals surface area (Å²) in [7, 11) is 0. The Hall–Kier alpha value is -0.970. The van der Waals surface area contributed by atoms with Crippen LogP contribution in [0.4, 0.5) is 0 Å². The first-order valence-electron chi connectivity index (χ1n) is 6.19. The molecule has 0 saturated heterocycles. The summed E-state index contributed by atoms with van der Waals surface area (Å²) in [5.41, 5.74) is 11.5. The van der Waals surface area contributed by atoms with Gasteiger partial charge < -0.3 is 11.5 Å². The maximum Gasteiger partial charge on any atom is 0.195 e. The number of hydrogen-bond acceptors (Lipinski definition) is 2. The number of halogens is 1. The molecule has 2 bridgehead atoms. The Morgan fingerprint density at radius 1 is 1.17 bits per heavy atom. The van der Waals surface area contributed by atoms with Crippen molar-refractivity contribution in [2.24, 2.45) is 28.2 Å². The molecule has 2 aliphatic rings. The fourth-order valence-electron chi connectivity index (χ4n) is 4.02. The van der Waals surface area contributed by atoms with Crippen molar-refractivity contribution in [3.05, 3.63) is 0 Å². The van der Waals surface area contributed by atoms with Gasteiger partial charge in [-0.1, -0.05) is 20.8 Å². The third-order valence-corrected chi connectivity index (χ3v) is 5.58. The second kappa shape index (κ2) is 4.30. The summed E-state index contributed by atoms with van der Waals surface area (Å²) in [6.07, 6.45) is 3.36. The van der Waals surface area contributed by atoms with Crippen molar-refractivity contribution in [3.63, 3.8) is 0 Å². The van der Waals surface area contributed by atoms with E-state index in [1.54, 1.807) is 0 Å². The fourth-order valence-corrected chi connectivity index (χ4v) is 4.02. The van der Waals surface area contributed by atoms with Crippen molar-refractivity contribution in [1.29, 1.82) is 10.8 Å². The van der Waals surface area contributed by atoms with Gasteiger partial charge in [-0.25, -0.2) is 0 Å². The number of nitrogens with zero attached hydrogens (tertiary/aromatic N) is 1. The molecule has 2 aliphatic carbocycles. The van der Waals surface area contributed by atoms with Gasteiger partial charge >= 0.3 is 0 Å². The summed E-state index contributed by atoms with van der Waals surface area (Å²) in [6.45, 7) is 6.84. The molecular formula is C12H24ClN5. The van der Waals surface area contributed by atoms with Crippen LogP contribution in [-0.2, 0) is 0 Å². The third kappa shape index (κ3) is 1.67. The molecular weight excluding hydrogens is 250 g/mol. The van der Waals surface area contributed by atoms with Crippen molar-refractivity contribution in [1.82, 2.24) is 4.90 Å². The molecule has 2 saturated carbocycles. The Bertz CT molecular complexity index is 367. The fraction of sp³-hybridized carbons (Fsp3) is 0.833. The van der Waals surface area contributed by atoms with E-state index in [1.807, 2.05) is 0 Å². The van der Waals surface area contributed by atoms with E-state index >= 15 is 0 Å². The van der Waals surface area contributed by atoms with Crippen LogP contribution in [0, 0.1) is 27.6 Å². The molecule has 0 aliphatic heterocycles. The van der Waals surface area contributed by atoms with Crippen LogP contribution in [0.15, 0.2) is 0 Å². The lowest BCUT2D eigenvalue weighted by atomic mass is 9.69. The number of rotatable bonds is 1. The number of guanidine groups is 2. The van der Waals surface area contributed by atoms with Crippen molar-refractivity contribution < 1.29 is 0 Å². The zero-order valence-corrected chi connectivity index (χ0v) is 12.1. The molecule has 0 radical (unpaired) electrons. The summed E-state index contributed by atoms with van der Waals surface area (Å²) in [5.74, 6) is 0.442. The second-order valence-electron chi connectivity index (χ2n) is 6.27. The number of hydrogen-bond donors (Lipinski definition) is 4. The average Bonchev–Trinajstić information content (AvgIpc) is 2.49. The summed E-state index contributed by atoms with van der Waals surface area (Å²) in [5, 5.41) is 15.3. The van der Waals surface area contributed by atoms with Gasteiger partial charge in [-0.05, 0) is 36.0 Å². The SMILES string of the molecule is CC1(C)C2CCC1(C)C(N(C(=N)N)C(=N)N)C2.Cl. The maximum atomic E-state index is 7.63. The maximum absolute atomic E-state index is 7.63. The molecule has 0 aromatic carbocycles. The summed E-state index contributed by atoms with van der Waals surface area (Å²) in [4.78, 5) is 1.50. The first-order valence-corrected chi connectivity index (χ1v) is 6.19. The molecule has 0 amide bonds. The number of nitrogens with one attached hydrogen (secondary N) is 2. The standard InChI is InChI=1S/C12H23N5.ClH/c1-11(2)7-4-5-12(11,3)8(6-7)17(9(13)14)10(15)16;/h7-8H,4-6H2,1-3H3,(H3,13,14)(H3,15,16);1H. The second-order valence-corrected chi connectivity index (χ2v) is 6.27. The van der Waals surface area contributed by atoms with Gasteiger partial charge in [0.15, 0.2) is 11.9 Å². The highest BCUT2D eigenvalue weighted by atomic mass is 35.5. The molecule has 0 aromatic heterocycles. The van der Waals surface area contributed by atoms with E-state index in [-0.39, 0.29) is 41.2 Å². The summed E-state index contributed by atoms with van der Waals surface area (Å²) >= 11 is 0. The van der Waals surface area contributed by atoms with Crippen LogP contribution in [0.1, 0.15) is 40.0 Å². The monoisotopic (exact) mass is 273 g/mol. The van der Waals surface area contributed by atoms with E-state index < -0.39 is 0 Å². The number of nitrogens with two attached hydrogens (primary N) is 2. The molecule has 18 heavy (non-hydrogen) atoms. The molecule has 2 fully saturated rings. The van der Waals surface area contributed by atoms with Crippen LogP contribution >= 0.6 is 12.4 Å². The van der Waals surface area contributed by atoms with Crippen LogP contribution < -0.4 is 11.5 Å². The van der Waals surface area contributed by atoms with E-state index in [9.17, 15) is 0 Å². The summed E-state index contributed by atoms with van der Waals surface area (Å²) in [6, 6.07) is 0.103. The molecule has 2 rings (SSSR count). The lowest BCUT2D eigenvalue weighted by molar-refractivity contribution is 0.101. The largest absolute Gasteiger partial charge is 0.370 e. The molecule has 5 nitrogen and oxygen atoms in total. The molecule has 0 heterocycles. The van der Waals surface area contributed by atoms with Gasteiger partial charge in [0.1, 0.15) is 0 Å². The zero-order chi connectivity index (χ0) is 13.0. The van der Waals surface area contributed by atoms with E-state index in [4.69, 9.17) is 22.3 Å². The molecule has 104 valence electrons. The molecule has 0 aromatic rings. The Morgan fingerprint density at radius 3 is 1.94 bits per heavy atom. The zero-order valence-electron chi connectivity index (χ0n) is 11.3. The van der Waals surface area contributed by atoms with Crippen LogP contribution in [0.2, 0.25) is 0 Å². The Labute approximate surface area is 115 Å².